The van der Waals surface area contributed by atoms with E-state index in [1.54, 1.807) is 31.6 Å². The first-order valence-electron chi connectivity index (χ1n) is 12.2. The van der Waals surface area contributed by atoms with E-state index in [0.29, 0.717) is 45.3 Å². The Labute approximate surface area is 219 Å². The minimum Gasteiger partial charge on any atom is -0.494 e. The van der Waals surface area contributed by atoms with Crippen molar-refractivity contribution in [1.82, 2.24) is 4.57 Å². The summed E-state index contributed by atoms with van der Waals surface area (Å²) in [5, 5.41) is 0. The molecule has 1 aliphatic rings. The molecule has 0 fully saturated rings. The molecule has 8 nitrogen and oxygen atoms in total. The minimum atomic E-state index is -0.797. The van der Waals surface area contributed by atoms with Gasteiger partial charge in [0.25, 0.3) is 5.56 Å². The number of hydrogen-bond donors (Lipinski definition) is 0. The van der Waals surface area contributed by atoms with Gasteiger partial charge in [-0.3, -0.25) is 9.36 Å². The van der Waals surface area contributed by atoms with E-state index in [-0.39, 0.29) is 17.7 Å². The van der Waals surface area contributed by atoms with E-state index in [1.807, 2.05) is 56.3 Å². The number of carbonyl (C=O) groups is 1. The third kappa shape index (κ3) is 5.17. The van der Waals surface area contributed by atoms with Gasteiger partial charge in [0.1, 0.15) is 11.8 Å². The van der Waals surface area contributed by atoms with Crippen molar-refractivity contribution in [2.75, 3.05) is 26.9 Å². The van der Waals surface area contributed by atoms with Gasteiger partial charge in [0.2, 0.25) is 0 Å². The van der Waals surface area contributed by atoms with Gasteiger partial charge in [-0.1, -0.05) is 35.6 Å². The van der Waals surface area contributed by atoms with Crippen LogP contribution in [0.3, 0.4) is 0 Å². The summed E-state index contributed by atoms with van der Waals surface area (Å²) in [6.07, 6.45) is 1.81. The summed E-state index contributed by atoms with van der Waals surface area (Å²) < 4.78 is 24.4. The molecule has 0 spiro atoms. The van der Waals surface area contributed by atoms with Gasteiger partial charge >= 0.3 is 5.97 Å². The topological polar surface area (TPSA) is 88.4 Å². The van der Waals surface area contributed by atoms with Crippen LogP contribution in [0.15, 0.2) is 63.5 Å². The van der Waals surface area contributed by atoms with E-state index < -0.39 is 12.0 Å². The number of para-hydroxylation sites is 1. The van der Waals surface area contributed by atoms with Gasteiger partial charge in [0.15, 0.2) is 16.3 Å². The number of allylic oxidation sites excluding steroid dienone is 1. The van der Waals surface area contributed by atoms with Crippen LogP contribution in [0.4, 0.5) is 0 Å². The first kappa shape index (κ1) is 26.2. The molecule has 0 bridgehead atoms. The molecule has 1 aliphatic heterocycles. The van der Waals surface area contributed by atoms with Crippen molar-refractivity contribution < 1.29 is 23.7 Å². The Kier molecular flexibility index (Phi) is 8.13. The van der Waals surface area contributed by atoms with Crippen molar-refractivity contribution in [1.29, 1.82) is 0 Å². The van der Waals surface area contributed by atoms with Gasteiger partial charge in [-0.2, -0.15) is 0 Å². The molecule has 0 unspecified atom stereocenters. The van der Waals surface area contributed by atoms with Gasteiger partial charge in [0.05, 0.1) is 42.7 Å². The van der Waals surface area contributed by atoms with E-state index in [2.05, 4.69) is 4.99 Å². The van der Waals surface area contributed by atoms with Crippen LogP contribution >= 0.6 is 11.3 Å². The molecule has 194 valence electrons. The van der Waals surface area contributed by atoms with Crippen molar-refractivity contribution in [3.63, 3.8) is 0 Å². The van der Waals surface area contributed by atoms with Gasteiger partial charge in [-0.15, -0.1) is 0 Å². The number of thiazole rings is 1. The number of rotatable bonds is 9. The number of fused-ring (bicyclic) bond motifs is 1. The maximum Gasteiger partial charge on any atom is 0.338 e. The molecule has 1 aromatic heterocycles. The largest absolute Gasteiger partial charge is 0.494 e. The highest BCUT2D eigenvalue weighted by Gasteiger charge is 2.35. The van der Waals surface area contributed by atoms with Crippen molar-refractivity contribution in [2.24, 2.45) is 4.99 Å². The number of hydrogen-bond acceptors (Lipinski definition) is 8. The molecule has 1 atom stereocenters. The normalized spacial score (nSPS) is 15.2. The van der Waals surface area contributed by atoms with Gasteiger partial charge in [-0.25, -0.2) is 9.79 Å². The molecular formula is C28H30N2O6S. The predicted molar refractivity (Wildman–Crippen MR) is 142 cm³/mol. The summed E-state index contributed by atoms with van der Waals surface area (Å²) in [5.41, 5.74) is 1.98. The Bertz CT molecular complexity index is 1500. The summed E-state index contributed by atoms with van der Waals surface area (Å²) in [7, 11) is 1.55. The van der Waals surface area contributed by atoms with Crippen molar-refractivity contribution in [3.8, 4) is 17.2 Å². The third-order valence-electron chi connectivity index (χ3n) is 5.82. The lowest BCUT2D eigenvalue weighted by Gasteiger charge is -2.26. The Balaban J connectivity index is 1.95. The number of ether oxygens (including phenoxy) is 4. The van der Waals surface area contributed by atoms with E-state index in [9.17, 15) is 9.59 Å². The maximum absolute atomic E-state index is 13.8. The average molecular weight is 523 g/mol. The van der Waals surface area contributed by atoms with Crippen LogP contribution in [0.25, 0.3) is 6.08 Å². The molecular weight excluding hydrogens is 492 g/mol. The fourth-order valence-corrected chi connectivity index (χ4v) is 5.32. The average Bonchev–Trinajstić information content (AvgIpc) is 3.19. The molecule has 0 N–H and O–H groups in total. The first-order valence-corrected chi connectivity index (χ1v) is 13.0. The number of aromatic nitrogens is 1. The van der Waals surface area contributed by atoms with Crippen LogP contribution in [0.5, 0.6) is 17.2 Å². The number of methoxy groups -OCH3 is 1. The molecule has 0 saturated carbocycles. The van der Waals surface area contributed by atoms with Crippen LogP contribution in [0, 0.1) is 0 Å². The summed E-state index contributed by atoms with van der Waals surface area (Å²) in [6, 6.07) is 12.1. The second-order valence-electron chi connectivity index (χ2n) is 8.12. The molecule has 0 amide bonds. The highest BCUT2D eigenvalue weighted by molar-refractivity contribution is 7.07. The van der Waals surface area contributed by atoms with Crippen molar-refractivity contribution in [3.05, 3.63) is 84.5 Å². The van der Waals surface area contributed by atoms with Crippen LogP contribution in [-0.4, -0.2) is 37.5 Å². The Morgan fingerprint density at radius 2 is 1.78 bits per heavy atom. The SMILES string of the molecule is CCOC(=O)C1=C(C)N=c2s/c(=C/c3ccc(OCC)cc3)c(=O)n2[C@@H]1c1cccc(OC)c1OCC. The maximum atomic E-state index is 13.8. The zero-order valence-electron chi connectivity index (χ0n) is 21.6. The Morgan fingerprint density at radius 1 is 1.05 bits per heavy atom. The lowest BCUT2D eigenvalue weighted by atomic mass is 9.94. The molecule has 9 heteroatoms. The fraction of sp³-hybridized carbons (Fsp3) is 0.321. The highest BCUT2D eigenvalue weighted by Crippen LogP contribution is 2.40. The van der Waals surface area contributed by atoms with Gasteiger partial charge in [-0.05, 0) is 57.5 Å². The fourth-order valence-electron chi connectivity index (χ4n) is 4.27. The van der Waals surface area contributed by atoms with Crippen LogP contribution in [-0.2, 0) is 9.53 Å². The third-order valence-corrected chi connectivity index (χ3v) is 6.80. The zero-order valence-corrected chi connectivity index (χ0v) is 22.4. The Hall–Kier alpha value is -3.85. The number of nitrogens with zero attached hydrogens (tertiary/aromatic N) is 2. The van der Waals surface area contributed by atoms with Crippen LogP contribution in [0.1, 0.15) is 44.9 Å². The molecule has 0 saturated heterocycles. The zero-order chi connectivity index (χ0) is 26.5. The standard InChI is InChI=1S/C28H30N2O6S/c1-6-34-19-14-12-18(13-15-19)16-22-26(31)30-24(20-10-9-11-21(33-5)25(20)35-7-2)23(27(32)36-8-3)17(4)29-28(30)37-22/h9-16,24H,6-8H2,1-5H3/b22-16+/t24-/m1/s1. The summed E-state index contributed by atoms with van der Waals surface area (Å²) >= 11 is 1.27. The minimum absolute atomic E-state index is 0.195. The highest BCUT2D eigenvalue weighted by atomic mass is 32.1. The molecule has 2 heterocycles. The van der Waals surface area contributed by atoms with E-state index in [0.717, 1.165) is 11.3 Å². The molecule has 37 heavy (non-hydrogen) atoms. The van der Waals surface area contributed by atoms with E-state index in [1.165, 1.54) is 11.3 Å². The van der Waals surface area contributed by atoms with Crippen molar-refractivity contribution >= 4 is 23.4 Å². The molecule has 4 rings (SSSR count). The van der Waals surface area contributed by atoms with Crippen LogP contribution < -0.4 is 29.1 Å². The van der Waals surface area contributed by atoms with E-state index in [4.69, 9.17) is 18.9 Å². The summed E-state index contributed by atoms with van der Waals surface area (Å²) in [6.45, 7) is 8.44. The molecule has 3 aromatic rings. The lowest BCUT2D eigenvalue weighted by molar-refractivity contribution is -0.139. The summed E-state index contributed by atoms with van der Waals surface area (Å²) in [5.74, 6) is 1.21. The first-order chi connectivity index (χ1) is 17.9. The number of esters is 1. The quantitative estimate of drug-likeness (QED) is 0.399. The smallest absolute Gasteiger partial charge is 0.338 e. The molecule has 0 aliphatic carbocycles. The monoisotopic (exact) mass is 522 g/mol. The van der Waals surface area contributed by atoms with E-state index >= 15 is 0 Å². The van der Waals surface area contributed by atoms with Gasteiger partial charge < -0.3 is 18.9 Å². The summed E-state index contributed by atoms with van der Waals surface area (Å²) in [4.78, 5) is 32.1. The Morgan fingerprint density at radius 3 is 2.43 bits per heavy atom. The van der Waals surface area contributed by atoms with Crippen LogP contribution in [0.2, 0.25) is 0 Å². The predicted octanol–water partition coefficient (Wildman–Crippen LogP) is 3.60. The number of carbonyl (C=O) groups excluding carboxylic acids is 1. The van der Waals surface area contributed by atoms with Gasteiger partial charge in [0, 0.05) is 5.56 Å². The lowest BCUT2D eigenvalue weighted by Crippen LogP contribution is -2.40. The second kappa shape index (κ2) is 11.5. The second-order valence-corrected chi connectivity index (χ2v) is 9.13. The molecule has 0 radical (unpaired) electrons. The molecule has 2 aromatic carbocycles. The number of benzene rings is 2. The van der Waals surface area contributed by atoms with Crippen molar-refractivity contribution in [2.45, 2.75) is 33.7 Å².